The molecule has 61 heavy (non-hydrogen) atoms. The first-order chi connectivity index (χ1) is 29.1. The van der Waals surface area contributed by atoms with Crippen LogP contribution in [0, 0.1) is 11.8 Å². The lowest BCUT2D eigenvalue weighted by Crippen LogP contribution is -2.46. The minimum Gasteiger partial charge on any atom is -0.481 e. The average molecular weight is 867 g/mol. The van der Waals surface area contributed by atoms with Crippen molar-refractivity contribution in [3.8, 4) is 0 Å². The molecule has 0 aromatic carbocycles. The van der Waals surface area contributed by atoms with Crippen molar-refractivity contribution < 1.29 is 63.6 Å². The summed E-state index contributed by atoms with van der Waals surface area (Å²) in [5.74, 6) is -7.32. The van der Waals surface area contributed by atoms with Gasteiger partial charge < -0.3 is 46.5 Å². The lowest BCUT2D eigenvalue weighted by Gasteiger charge is -2.28. The highest BCUT2D eigenvalue weighted by molar-refractivity contribution is 5.88. The lowest BCUT2D eigenvalue weighted by molar-refractivity contribution is -0.144. The van der Waals surface area contributed by atoms with Gasteiger partial charge in [-0.15, -0.1) is 0 Å². The Kier molecular flexibility index (Phi) is 29.5. The Morgan fingerprint density at radius 2 is 0.803 bits per heavy atom. The normalized spacial score (nSPS) is 16.3. The van der Waals surface area contributed by atoms with Crippen LogP contribution >= 0.6 is 0 Å². The lowest BCUT2D eigenvalue weighted by atomic mass is 9.81. The maximum Gasteiger partial charge on any atom is 0.326 e. The van der Waals surface area contributed by atoms with Crippen molar-refractivity contribution in [2.45, 2.75) is 205 Å². The molecule has 8 N–H and O–H groups in total. The fourth-order valence-corrected chi connectivity index (χ4v) is 7.51. The van der Waals surface area contributed by atoms with Crippen LogP contribution in [0.3, 0.4) is 0 Å². The molecule has 1 rings (SSSR count). The highest BCUT2D eigenvalue weighted by Crippen LogP contribution is 2.29. The number of Topliss-reactive ketones (excluding diaryl/α,β-unsaturated/α-hetero) is 1. The summed E-state index contributed by atoms with van der Waals surface area (Å²) in [6.45, 7) is 1.81. The molecule has 0 heterocycles. The molecule has 0 aromatic heterocycles. The zero-order valence-corrected chi connectivity index (χ0v) is 36.4. The first-order valence-electron chi connectivity index (χ1n) is 22.6. The monoisotopic (exact) mass is 867 g/mol. The van der Waals surface area contributed by atoms with E-state index in [9.17, 15) is 58.5 Å². The predicted octanol–water partition coefficient (Wildman–Crippen LogP) is 5.65. The summed E-state index contributed by atoms with van der Waals surface area (Å²) in [5, 5.41) is 47.1. The number of carboxylic acid groups (broad SMARTS) is 4. The average Bonchev–Trinajstić information content (AvgIpc) is 3.20. The highest BCUT2D eigenvalue weighted by atomic mass is 16.4. The zero-order chi connectivity index (χ0) is 45.4. The van der Waals surface area contributed by atoms with Crippen LogP contribution in [0.4, 0.5) is 0 Å². The number of amides is 4. The number of aliphatic carboxylic acids is 4. The second-order valence-electron chi connectivity index (χ2n) is 16.7. The van der Waals surface area contributed by atoms with Crippen LogP contribution in [0.2, 0.25) is 0 Å². The summed E-state index contributed by atoms with van der Waals surface area (Å²) in [6, 6.07) is -4.24. The molecule has 4 amide bonds. The van der Waals surface area contributed by atoms with Crippen LogP contribution < -0.4 is 21.3 Å². The molecule has 17 heteroatoms. The summed E-state index contributed by atoms with van der Waals surface area (Å²) >= 11 is 0. The number of carbonyl (C=O) groups is 9. The van der Waals surface area contributed by atoms with E-state index in [1.807, 2.05) is 0 Å². The topological polar surface area (TPSA) is 283 Å². The van der Waals surface area contributed by atoms with Crippen molar-refractivity contribution in [1.82, 2.24) is 21.3 Å². The Balaban J connectivity index is 2.20. The van der Waals surface area contributed by atoms with Gasteiger partial charge in [0.25, 0.3) is 0 Å². The molecule has 1 aliphatic rings. The molecule has 17 nitrogen and oxygen atoms in total. The Hall–Kier alpha value is -4.57. The smallest absolute Gasteiger partial charge is 0.326 e. The Bertz CT molecular complexity index is 1380. The Labute approximate surface area is 360 Å². The van der Waals surface area contributed by atoms with E-state index in [1.54, 1.807) is 0 Å². The van der Waals surface area contributed by atoms with E-state index < -0.39 is 78.5 Å². The van der Waals surface area contributed by atoms with Gasteiger partial charge in [-0.3, -0.25) is 24.0 Å². The molecule has 1 saturated carbocycles. The Morgan fingerprint density at radius 1 is 0.443 bits per heavy atom. The number of carbonyl (C=O) groups excluding carboxylic acids is 5. The van der Waals surface area contributed by atoms with E-state index in [0.29, 0.717) is 38.6 Å². The quantitative estimate of drug-likeness (QED) is 0.0351. The van der Waals surface area contributed by atoms with Gasteiger partial charge >= 0.3 is 23.9 Å². The van der Waals surface area contributed by atoms with E-state index in [-0.39, 0.29) is 49.7 Å². The Morgan fingerprint density at radius 3 is 1.18 bits per heavy atom. The first-order valence-corrected chi connectivity index (χ1v) is 22.6. The largest absolute Gasteiger partial charge is 0.481 e. The molecule has 0 bridgehead atoms. The predicted molar refractivity (Wildman–Crippen MR) is 226 cm³/mol. The zero-order valence-electron chi connectivity index (χ0n) is 36.4. The third-order valence-corrected chi connectivity index (χ3v) is 11.3. The summed E-state index contributed by atoms with van der Waals surface area (Å²) in [4.78, 5) is 107. The molecule has 0 radical (unpaired) electrons. The van der Waals surface area contributed by atoms with Gasteiger partial charge in [0.1, 0.15) is 23.9 Å². The molecular formula is C44H74N4O13. The summed E-state index contributed by atoms with van der Waals surface area (Å²) in [6.07, 6.45) is 19.9. The number of ketones is 1. The second kappa shape index (κ2) is 33.1. The molecule has 0 saturated heterocycles. The fraction of sp³-hybridized carbons (Fsp3) is 0.795. The highest BCUT2D eigenvalue weighted by Gasteiger charge is 2.30. The third kappa shape index (κ3) is 28.6. The summed E-state index contributed by atoms with van der Waals surface area (Å²) in [7, 11) is 0. The van der Waals surface area contributed by atoms with Gasteiger partial charge in [0, 0.05) is 44.6 Å². The minimum atomic E-state index is -1.51. The van der Waals surface area contributed by atoms with Gasteiger partial charge in [-0.1, -0.05) is 89.9 Å². The molecule has 0 aromatic rings. The van der Waals surface area contributed by atoms with Crippen molar-refractivity contribution in [1.29, 1.82) is 0 Å². The molecular weight excluding hydrogens is 792 g/mol. The second-order valence-corrected chi connectivity index (χ2v) is 16.7. The van der Waals surface area contributed by atoms with Gasteiger partial charge in [0.05, 0.1) is 0 Å². The summed E-state index contributed by atoms with van der Waals surface area (Å²) < 4.78 is 0. The minimum absolute atomic E-state index is 0.0258. The molecule has 1 aliphatic carbocycles. The van der Waals surface area contributed by atoms with Crippen LogP contribution in [0.25, 0.3) is 0 Å². The third-order valence-electron chi connectivity index (χ3n) is 11.3. The number of rotatable bonds is 37. The van der Waals surface area contributed by atoms with Crippen LogP contribution in [0.1, 0.15) is 187 Å². The maximum absolute atomic E-state index is 13.0. The fourth-order valence-electron chi connectivity index (χ4n) is 7.51. The maximum atomic E-state index is 13.0. The molecule has 2 unspecified atom stereocenters. The van der Waals surface area contributed by atoms with Crippen molar-refractivity contribution in [3.05, 3.63) is 0 Å². The molecule has 348 valence electrons. The van der Waals surface area contributed by atoms with Gasteiger partial charge in [0.2, 0.25) is 23.6 Å². The number of hydrogen-bond acceptors (Lipinski definition) is 9. The van der Waals surface area contributed by atoms with Crippen LogP contribution in [-0.2, 0) is 43.2 Å². The number of unbranched alkanes of at least 4 members (excludes halogenated alkanes) is 15. The first kappa shape index (κ1) is 54.4. The molecule has 0 aliphatic heterocycles. The van der Waals surface area contributed by atoms with Gasteiger partial charge in [0.15, 0.2) is 0 Å². The number of carboxylic acids is 4. The molecule has 0 spiro atoms. The number of hydrogen-bond donors (Lipinski definition) is 8. The van der Waals surface area contributed by atoms with Gasteiger partial charge in [-0.25, -0.2) is 14.4 Å². The van der Waals surface area contributed by atoms with Crippen LogP contribution in [-0.4, -0.2) is 98.4 Å². The SMILES string of the molecule is CC(=O)CCC(NC(=O)CC[C@H](NC(=O)CCC(NC(=O)[C@H]1CC[C@H](CNC(=O)CCCCCCCCCCCCCCCCCCC(=O)O)CC1)C(=O)O)C(=O)O)C(=O)O. The van der Waals surface area contributed by atoms with E-state index in [1.165, 1.54) is 71.1 Å². The van der Waals surface area contributed by atoms with Gasteiger partial charge in [-0.2, -0.15) is 0 Å². The van der Waals surface area contributed by atoms with Gasteiger partial charge in [-0.05, 0) is 70.6 Å². The van der Waals surface area contributed by atoms with E-state index in [0.717, 1.165) is 38.5 Å². The number of nitrogens with one attached hydrogen (secondary N) is 4. The molecule has 1 fully saturated rings. The van der Waals surface area contributed by atoms with E-state index in [2.05, 4.69) is 21.3 Å². The van der Waals surface area contributed by atoms with Crippen molar-refractivity contribution in [2.24, 2.45) is 11.8 Å². The van der Waals surface area contributed by atoms with E-state index in [4.69, 9.17) is 5.11 Å². The van der Waals surface area contributed by atoms with Crippen LogP contribution in [0.5, 0.6) is 0 Å². The van der Waals surface area contributed by atoms with E-state index >= 15 is 0 Å². The van der Waals surface area contributed by atoms with Crippen molar-refractivity contribution in [3.63, 3.8) is 0 Å². The summed E-state index contributed by atoms with van der Waals surface area (Å²) in [5.41, 5.74) is 0. The van der Waals surface area contributed by atoms with Crippen LogP contribution in [0.15, 0.2) is 0 Å². The van der Waals surface area contributed by atoms with Crippen molar-refractivity contribution >= 4 is 53.3 Å². The van der Waals surface area contributed by atoms with Crippen molar-refractivity contribution in [2.75, 3.05) is 6.54 Å². The molecule has 3 atom stereocenters. The standard InChI is InChI=1S/C44H74N4O13/c1-31(49)20-25-34(42(56)57)46-38(51)28-26-35(43(58)59)47-39(52)29-27-36(44(60)61)48-41(55)33-23-21-32(22-24-33)30-45-37(50)18-16-14-12-10-8-6-4-2-3-5-7-9-11-13-15-17-19-40(53)54/h32-36H,2-30H2,1H3,(H,45,50)(H,46,51)(H,47,52)(H,48,55)(H,53,54)(H,56,57)(H,58,59)(H,60,61)/t32-,33-,34?,35-,36?/m0/s1.